The van der Waals surface area contributed by atoms with E-state index in [1.54, 1.807) is 6.21 Å². The smallest absolute Gasteiger partial charge is 0.127 e. The Bertz CT molecular complexity index is 321. The van der Waals surface area contributed by atoms with Gasteiger partial charge >= 0.3 is 0 Å². The fraction of sp³-hybridized carbons (Fsp3) is 0.364. The van der Waals surface area contributed by atoms with Crippen molar-refractivity contribution >= 4 is 6.21 Å². The van der Waals surface area contributed by atoms with E-state index in [0.29, 0.717) is 6.61 Å². The maximum absolute atomic E-state index is 5.49. The highest BCUT2D eigenvalue weighted by Crippen LogP contribution is 2.19. The van der Waals surface area contributed by atoms with Crippen LogP contribution in [-0.4, -0.2) is 19.9 Å². The Balaban J connectivity index is 2.59. The minimum Gasteiger partial charge on any atom is -0.488 e. The zero-order chi connectivity index (χ0) is 10.4. The van der Waals surface area contributed by atoms with Crippen molar-refractivity contribution in [3.8, 4) is 5.75 Å². The molecule has 0 aliphatic heterocycles. The van der Waals surface area contributed by atoms with Gasteiger partial charge in [-0.1, -0.05) is 17.3 Å². The molecule has 14 heavy (non-hydrogen) atoms. The van der Waals surface area contributed by atoms with Crippen LogP contribution in [0.3, 0.4) is 0 Å². The van der Waals surface area contributed by atoms with E-state index in [-0.39, 0.29) is 0 Å². The lowest BCUT2D eigenvalue weighted by Crippen LogP contribution is -2.00. The fourth-order valence-electron chi connectivity index (χ4n) is 1.11. The van der Waals surface area contributed by atoms with E-state index >= 15 is 0 Å². The van der Waals surface area contributed by atoms with Gasteiger partial charge < -0.3 is 9.57 Å². The van der Waals surface area contributed by atoms with Crippen molar-refractivity contribution in [2.45, 2.75) is 13.8 Å². The summed E-state index contributed by atoms with van der Waals surface area (Å²) in [5, 5.41) is 3.59. The molecule has 1 aromatic carbocycles. The van der Waals surface area contributed by atoms with Gasteiger partial charge in [-0.2, -0.15) is 0 Å². The average molecular weight is 193 g/mol. The number of aryl methyl sites for hydroxylation is 1. The third kappa shape index (κ3) is 2.76. The summed E-state index contributed by atoms with van der Waals surface area (Å²) >= 11 is 0. The number of rotatable bonds is 4. The topological polar surface area (TPSA) is 30.8 Å². The standard InChI is InChI=1S/C11H15NO2/c1-9-5-4-6-11(10(9)2)14-8-7-12-13-3/h4-7H,8H2,1-3H3/b12-7+. The van der Waals surface area contributed by atoms with Crippen LogP contribution in [0.2, 0.25) is 0 Å². The number of benzene rings is 1. The van der Waals surface area contributed by atoms with Crippen molar-refractivity contribution in [2.24, 2.45) is 5.16 Å². The normalized spacial score (nSPS) is 10.5. The van der Waals surface area contributed by atoms with Crippen LogP contribution in [0, 0.1) is 13.8 Å². The van der Waals surface area contributed by atoms with Gasteiger partial charge in [-0.05, 0) is 31.0 Å². The third-order valence-corrected chi connectivity index (χ3v) is 2.05. The number of hydrogen-bond donors (Lipinski definition) is 0. The zero-order valence-corrected chi connectivity index (χ0v) is 8.78. The minimum absolute atomic E-state index is 0.429. The van der Waals surface area contributed by atoms with Crippen LogP contribution in [0.5, 0.6) is 5.75 Å². The molecule has 0 aliphatic carbocycles. The van der Waals surface area contributed by atoms with Crippen molar-refractivity contribution in [3.05, 3.63) is 29.3 Å². The Morgan fingerprint density at radius 3 is 2.86 bits per heavy atom. The van der Waals surface area contributed by atoms with E-state index in [9.17, 15) is 0 Å². The number of oxime groups is 1. The van der Waals surface area contributed by atoms with Gasteiger partial charge in [0.15, 0.2) is 0 Å². The van der Waals surface area contributed by atoms with E-state index in [2.05, 4.69) is 23.0 Å². The monoisotopic (exact) mass is 193 g/mol. The van der Waals surface area contributed by atoms with Crippen LogP contribution in [0.4, 0.5) is 0 Å². The summed E-state index contributed by atoms with van der Waals surface area (Å²) in [6, 6.07) is 5.99. The SMILES string of the molecule is CO/N=C/COc1cccc(C)c1C. The molecular weight excluding hydrogens is 178 g/mol. The first kappa shape index (κ1) is 10.6. The fourth-order valence-corrected chi connectivity index (χ4v) is 1.11. The Labute approximate surface area is 84.3 Å². The van der Waals surface area contributed by atoms with Crippen LogP contribution < -0.4 is 4.74 Å². The quantitative estimate of drug-likeness (QED) is 0.542. The molecule has 0 radical (unpaired) electrons. The van der Waals surface area contributed by atoms with Crippen LogP contribution in [0.1, 0.15) is 11.1 Å². The molecule has 0 N–H and O–H groups in total. The second-order valence-corrected chi connectivity index (χ2v) is 2.98. The van der Waals surface area contributed by atoms with Crippen molar-refractivity contribution in [1.82, 2.24) is 0 Å². The van der Waals surface area contributed by atoms with Crippen molar-refractivity contribution in [3.63, 3.8) is 0 Å². The molecule has 0 heterocycles. The number of ether oxygens (including phenoxy) is 1. The molecule has 0 amide bonds. The molecule has 3 nitrogen and oxygen atoms in total. The lowest BCUT2D eigenvalue weighted by molar-refractivity contribution is 0.212. The molecule has 0 spiro atoms. The molecule has 1 aromatic rings. The van der Waals surface area contributed by atoms with Crippen molar-refractivity contribution in [2.75, 3.05) is 13.7 Å². The van der Waals surface area contributed by atoms with Crippen LogP contribution in [0.25, 0.3) is 0 Å². The summed E-state index contributed by atoms with van der Waals surface area (Å²) in [6.07, 6.45) is 1.59. The lowest BCUT2D eigenvalue weighted by atomic mass is 10.1. The first-order chi connectivity index (χ1) is 6.75. The molecular formula is C11H15NO2. The summed E-state index contributed by atoms with van der Waals surface area (Å²) in [4.78, 5) is 4.52. The molecule has 0 bridgehead atoms. The summed E-state index contributed by atoms with van der Waals surface area (Å²) in [5.74, 6) is 0.896. The van der Waals surface area contributed by atoms with E-state index in [0.717, 1.165) is 5.75 Å². The summed E-state index contributed by atoms with van der Waals surface area (Å²) in [6.45, 7) is 4.53. The predicted octanol–water partition coefficient (Wildman–Crippen LogP) is 2.31. The maximum atomic E-state index is 5.49. The summed E-state index contributed by atoms with van der Waals surface area (Å²) < 4.78 is 5.49. The third-order valence-electron chi connectivity index (χ3n) is 2.05. The second kappa shape index (κ2) is 5.27. The van der Waals surface area contributed by atoms with Crippen LogP contribution in [0.15, 0.2) is 23.4 Å². The van der Waals surface area contributed by atoms with E-state index in [1.807, 2.05) is 19.1 Å². The summed E-state index contributed by atoms with van der Waals surface area (Å²) in [5.41, 5.74) is 2.39. The molecule has 0 aromatic heterocycles. The number of nitrogens with zero attached hydrogens (tertiary/aromatic N) is 1. The molecule has 0 saturated heterocycles. The predicted molar refractivity (Wildman–Crippen MR) is 56.9 cm³/mol. The lowest BCUT2D eigenvalue weighted by Gasteiger charge is -2.08. The highest BCUT2D eigenvalue weighted by molar-refractivity contribution is 5.58. The minimum atomic E-state index is 0.429. The molecule has 0 atom stereocenters. The Kier molecular flexibility index (Phi) is 3.98. The molecule has 1 rings (SSSR count). The highest BCUT2D eigenvalue weighted by atomic mass is 16.6. The average Bonchev–Trinajstić information content (AvgIpc) is 2.19. The molecule has 0 aliphatic rings. The van der Waals surface area contributed by atoms with E-state index in [1.165, 1.54) is 18.2 Å². The van der Waals surface area contributed by atoms with Gasteiger partial charge in [0.1, 0.15) is 19.5 Å². The highest BCUT2D eigenvalue weighted by Gasteiger charge is 1.99. The molecule has 0 saturated carbocycles. The van der Waals surface area contributed by atoms with Gasteiger partial charge in [-0.25, -0.2) is 0 Å². The van der Waals surface area contributed by atoms with Crippen LogP contribution >= 0.6 is 0 Å². The van der Waals surface area contributed by atoms with Gasteiger partial charge in [0.2, 0.25) is 0 Å². The van der Waals surface area contributed by atoms with E-state index < -0.39 is 0 Å². The van der Waals surface area contributed by atoms with Gasteiger partial charge in [0, 0.05) is 0 Å². The van der Waals surface area contributed by atoms with Crippen LogP contribution in [-0.2, 0) is 4.84 Å². The van der Waals surface area contributed by atoms with Gasteiger partial charge in [-0.3, -0.25) is 0 Å². The second-order valence-electron chi connectivity index (χ2n) is 2.98. The van der Waals surface area contributed by atoms with Gasteiger partial charge in [0.25, 0.3) is 0 Å². The summed E-state index contributed by atoms with van der Waals surface area (Å²) in [7, 11) is 1.51. The molecule has 76 valence electrons. The van der Waals surface area contributed by atoms with E-state index in [4.69, 9.17) is 4.74 Å². The Morgan fingerprint density at radius 2 is 2.14 bits per heavy atom. The number of hydrogen-bond acceptors (Lipinski definition) is 3. The first-order valence-electron chi connectivity index (χ1n) is 4.49. The molecule has 0 unspecified atom stereocenters. The van der Waals surface area contributed by atoms with Crippen molar-refractivity contribution in [1.29, 1.82) is 0 Å². The van der Waals surface area contributed by atoms with Crippen molar-refractivity contribution < 1.29 is 9.57 Å². The maximum Gasteiger partial charge on any atom is 0.127 e. The molecule has 3 heteroatoms. The Hall–Kier alpha value is -1.51. The first-order valence-corrected chi connectivity index (χ1v) is 4.49. The molecule has 0 fully saturated rings. The Morgan fingerprint density at radius 1 is 1.36 bits per heavy atom. The van der Waals surface area contributed by atoms with Gasteiger partial charge in [-0.15, -0.1) is 0 Å². The zero-order valence-electron chi connectivity index (χ0n) is 8.78. The largest absolute Gasteiger partial charge is 0.488 e. The van der Waals surface area contributed by atoms with Gasteiger partial charge in [0.05, 0.1) is 6.21 Å².